The molecule has 0 aromatic heterocycles. The van der Waals surface area contributed by atoms with Crippen LogP contribution in [0.3, 0.4) is 0 Å². The molecule has 0 unspecified atom stereocenters. The molecule has 0 amide bonds. The van der Waals surface area contributed by atoms with Crippen molar-refractivity contribution in [3.05, 3.63) is 23.8 Å². The minimum Gasteiger partial charge on any atom is -0.487 e. The maximum absolute atomic E-state index is 6.05. The van der Waals surface area contributed by atoms with Crippen LogP contribution in [0.25, 0.3) is 0 Å². The molecule has 0 N–H and O–H groups in total. The highest BCUT2D eigenvalue weighted by atomic mass is 16.5. The SMILES string of the molecule is CCC(CC)Oc1c(C)cccc1OC(C)C. The molecule has 0 bridgehead atoms. The largest absolute Gasteiger partial charge is 0.487 e. The van der Waals surface area contributed by atoms with E-state index in [0.29, 0.717) is 0 Å². The second kappa shape index (κ2) is 6.53. The monoisotopic (exact) mass is 236 g/mol. The molecule has 0 heterocycles. The van der Waals surface area contributed by atoms with Gasteiger partial charge in [-0.25, -0.2) is 0 Å². The summed E-state index contributed by atoms with van der Waals surface area (Å²) >= 11 is 0. The molecule has 0 radical (unpaired) electrons. The van der Waals surface area contributed by atoms with Gasteiger partial charge in [-0.05, 0) is 45.2 Å². The average Bonchev–Trinajstić information content (AvgIpc) is 2.28. The van der Waals surface area contributed by atoms with Crippen LogP contribution in [0.2, 0.25) is 0 Å². The van der Waals surface area contributed by atoms with E-state index in [1.54, 1.807) is 0 Å². The Morgan fingerprint density at radius 1 is 1.06 bits per heavy atom. The molecule has 1 aromatic rings. The van der Waals surface area contributed by atoms with Gasteiger partial charge in [-0.15, -0.1) is 0 Å². The van der Waals surface area contributed by atoms with Crippen molar-refractivity contribution in [2.24, 2.45) is 0 Å². The average molecular weight is 236 g/mol. The highest BCUT2D eigenvalue weighted by molar-refractivity contribution is 5.46. The normalized spacial score (nSPS) is 11.0. The molecule has 17 heavy (non-hydrogen) atoms. The molecule has 2 heteroatoms. The summed E-state index contributed by atoms with van der Waals surface area (Å²) in [5.74, 6) is 1.75. The third-order valence-electron chi connectivity index (χ3n) is 2.73. The lowest BCUT2D eigenvalue weighted by molar-refractivity contribution is 0.169. The zero-order chi connectivity index (χ0) is 12.8. The lowest BCUT2D eigenvalue weighted by atomic mass is 10.2. The Hall–Kier alpha value is -1.18. The molecule has 1 aromatic carbocycles. The summed E-state index contributed by atoms with van der Waals surface area (Å²) in [6, 6.07) is 6.04. The molecule has 96 valence electrons. The van der Waals surface area contributed by atoms with E-state index in [2.05, 4.69) is 26.8 Å². The van der Waals surface area contributed by atoms with Crippen LogP contribution in [0.4, 0.5) is 0 Å². The Morgan fingerprint density at radius 2 is 1.71 bits per heavy atom. The Labute approximate surface area is 105 Å². The van der Waals surface area contributed by atoms with Crippen molar-refractivity contribution in [2.75, 3.05) is 0 Å². The summed E-state index contributed by atoms with van der Waals surface area (Å²) in [5.41, 5.74) is 1.13. The third-order valence-corrected chi connectivity index (χ3v) is 2.73. The molecule has 0 aliphatic carbocycles. The van der Waals surface area contributed by atoms with Gasteiger partial charge in [-0.2, -0.15) is 0 Å². The summed E-state index contributed by atoms with van der Waals surface area (Å²) in [5, 5.41) is 0. The Morgan fingerprint density at radius 3 is 2.24 bits per heavy atom. The fourth-order valence-corrected chi connectivity index (χ4v) is 1.75. The number of para-hydroxylation sites is 1. The highest BCUT2D eigenvalue weighted by Crippen LogP contribution is 2.33. The number of ether oxygens (including phenoxy) is 2. The predicted octanol–water partition coefficient (Wildman–Crippen LogP) is 4.35. The minimum atomic E-state index is 0.167. The first-order chi connectivity index (χ1) is 8.08. The molecule has 2 nitrogen and oxygen atoms in total. The van der Waals surface area contributed by atoms with Crippen LogP contribution in [-0.2, 0) is 0 Å². The standard InChI is InChI=1S/C15H24O2/c1-6-13(7-2)17-15-12(5)9-8-10-14(15)16-11(3)4/h8-11,13H,6-7H2,1-5H3. The molecule has 0 fully saturated rings. The van der Waals surface area contributed by atoms with Gasteiger partial charge in [0, 0.05) is 0 Å². The second-order valence-electron chi connectivity index (χ2n) is 4.63. The van der Waals surface area contributed by atoms with E-state index in [1.807, 2.05) is 26.0 Å². The fourth-order valence-electron chi connectivity index (χ4n) is 1.75. The van der Waals surface area contributed by atoms with Gasteiger partial charge in [0.2, 0.25) is 0 Å². The topological polar surface area (TPSA) is 18.5 Å². The second-order valence-corrected chi connectivity index (χ2v) is 4.63. The molecule has 0 aliphatic rings. The van der Waals surface area contributed by atoms with E-state index >= 15 is 0 Å². The van der Waals surface area contributed by atoms with Crippen LogP contribution in [0.15, 0.2) is 18.2 Å². The smallest absolute Gasteiger partial charge is 0.164 e. The van der Waals surface area contributed by atoms with Crippen LogP contribution >= 0.6 is 0 Å². The first-order valence-electron chi connectivity index (χ1n) is 6.51. The first kappa shape index (κ1) is 13.9. The quantitative estimate of drug-likeness (QED) is 0.731. The zero-order valence-electron chi connectivity index (χ0n) is 11.6. The van der Waals surface area contributed by atoms with E-state index in [4.69, 9.17) is 9.47 Å². The van der Waals surface area contributed by atoms with E-state index < -0.39 is 0 Å². The molecular formula is C15H24O2. The van der Waals surface area contributed by atoms with Crippen LogP contribution in [0.1, 0.15) is 46.1 Å². The van der Waals surface area contributed by atoms with Crippen LogP contribution < -0.4 is 9.47 Å². The van der Waals surface area contributed by atoms with Crippen molar-refractivity contribution in [3.8, 4) is 11.5 Å². The maximum atomic E-state index is 6.05. The van der Waals surface area contributed by atoms with Gasteiger partial charge in [0.15, 0.2) is 11.5 Å². The highest BCUT2D eigenvalue weighted by Gasteiger charge is 2.13. The van der Waals surface area contributed by atoms with Crippen LogP contribution in [-0.4, -0.2) is 12.2 Å². The van der Waals surface area contributed by atoms with Crippen molar-refractivity contribution >= 4 is 0 Å². The van der Waals surface area contributed by atoms with Gasteiger partial charge in [-0.1, -0.05) is 26.0 Å². The fraction of sp³-hybridized carbons (Fsp3) is 0.600. The van der Waals surface area contributed by atoms with E-state index in [9.17, 15) is 0 Å². The van der Waals surface area contributed by atoms with E-state index in [1.165, 1.54) is 0 Å². The zero-order valence-corrected chi connectivity index (χ0v) is 11.6. The van der Waals surface area contributed by atoms with Crippen molar-refractivity contribution < 1.29 is 9.47 Å². The van der Waals surface area contributed by atoms with Crippen molar-refractivity contribution in [2.45, 2.75) is 59.7 Å². The number of rotatable bonds is 6. The predicted molar refractivity (Wildman–Crippen MR) is 71.9 cm³/mol. The Kier molecular flexibility index (Phi) is 5.33. The molecule has 0 atom stereocenters. The van der Waals surface area contributed by atoms with E-state index in [-0.39, 0.29) is 12.2 Å². The van der Waals surface area contributed by atoms with Gasteiger partial charge in [0.1, 0.15) is 0 Å². The van der Waals surface area contributed by atoms with E-state index in [0.717, 1.165) is 29.9 Å². The molecule has 0 aliphatic heterocycles. The molecule has 0 saturated heterocycles. The summed E-state index contributed by atoms with van der Waals surface area (Å²) in [6.07, 6.45) is 2.48. The number of hydrogen-bond donors (Lipinski definition) is 0. The summed E-state index contributed by atoms with van der Waals surface area (Å²) in [6.45, 7) is 10.4. The summed E-state index contributed by atoms with van der Waals surface area (Å²) < 4.78 is 11.8. The third kappa shape index (κ3) is 3.95. The van der Waals surface area contributed by atoms with Crippen molar-refractivity contribution in [3.63, 3.8) is 0 Å². The molecule has 1 rings (SSSR count). The summed E-state index contributed by atoms with van der Waals surface area (Å²) in [4.78, 5) is 0. The first-order valence-corrected chi connectivity index (χ1v) is 6.51. The summed E-state index contributed by atoms with van der Waals surface area (Å²) in [7, 11) is 0. The van der Waals surface area contributed by atoms with Gasteiger partial charge in [0.05, 0.1) is 12.2 Å². The van der Waals surface area contributed by atoms with Gasteiger partial charge < -0.3 is 9.47 Å². The van der Waals surface area contributed by atoms with Gasteiger partial charge in [0.25, 0.3) is 0 Å². The Bertz CT molecular complexity index is 341. The number of aryl methyl sites for hydroxylation is 1. The van der Waals surface area contributed by atoms with Crippen LogP contribution in [0.5, 0.6) is 11.5 Å². The van der Waals surface area contributed by atoms with Crippen LogP contribution in [0, 0.1) is 6.92 Å². The molecular weight excluding hydrogens is 212 g/mol. The lowest BCUT2D eigenvalue weighted by Gasteiger charge is -2.21. The minimum absolute atomic E-state index is 0.167. The lowest BCUT2D eigenvalue weighted by Crippen LogP contribution is -2.16. The Balaban J connectivity index is 2.94. The van der Waals surface area contributed by atoms with Gasteiger partial charge in [-0.3, -0.25) is 0 Å². The van der Waals surface area contributed by atoms with Crippen molar-refractivity contribution in [1.29, 1.82) is 0 Å². The van der Waals surface area contributed by atoms with Crippen molar-refractivity contribution in [1.82, 2.24) is 0 Å². The van der Waals surface area contributed by atoms with Gasteiger partial charge >= 0.3 is 0 Å². The number of benzene rings is 1. The number of hydrogen-bond acceptors (Lipinski definition) is 2. The molecule has 0 spiro atoms. The molecule has 0 saturated carbocycles. The maximum Gasteiger partial charge on any atom is 0.164 e.